The van der Waals surface area contributed by atoms with E-state index in [0.717, 1.165) is 9.60 Å². The van der Waals surface area contributed by atoms with Crippen LogP contribution in [0.4, 0.5) is 10.1 Å². The number of halogens is 1. The molecular formula is C23H20FN3O4S. The number of benzene rings is 2. The van der Waals surface area contributed by atoms with E-state index < -0.39 is 0 Å². The van der Waals surface area contributed by atoms with Crippen LogP contribution in [0.15, 0.2) is 42.5 Å². The van der Waals surface area contributed by atoms with Crippen LogP contribution in [0.2, 0.25) is 0 Å². The molecule has 0 aliphatic carbocycles. The fourth-order valence-electron chi connectivity index (χ4n) is 4.09. The Labute approximate surface area is 187 Å². The lowest BCUT2D eigenvalue weighted by molar-refractivity contribution is -0.121. The summed E-state index contributed by atoms with van der Waals surface area (Å²) in [6.07, 6.45) is 1.56. The van der Waals surface area contributed by atoms with E-state index in [9.17, 15) is 18.8 Å². The summed E-state index contributed by atoms with van der Waals surface area (Å²) in [6, 6.07) is 11.5. The van der Waals surface area contributed by atoms with Crippen molar-refractivity contribution >= 4 is 45.0 Å². The molecule has 3 aromatic rings. The molecule has 2 saturated heterocycles. The first-order valence-electron chi connectivity index (χ1n) is 10.5. The summed E-state index contributed by atoms with van der Waals surface area (Å²) in [7, 11) is 0. The molecule has 2 aliphatic rings. The van der Waals surface area contributed by atoms with Crippen molar-refractivity contribution in [3.05, 3.63) is 53.8 Å². The van der Waals surface area contributed by atoms with Crippen molar-refractivity contribution in [1.82, 2.24) is 9.88 Å². The van der Waals surface area contributed by atoms with E-state index in [1.807, 2.05) is 6.07 Å². The van der Waals surface area contributed by atoms with Crippen LogP contribution >= 0.6 is 11.3 Å². The molecule has 5 rings (SSSR count). The van der Waals surface area contributed by atoms with E-state index in [4.69, 9.17) is 4.74 Å². The van der Waals surface area contributed by atoms with Crippen molar-refractivity contribution in [1.29, 1.82) is 0 Å². The topological polar surface area (TPSA) is 79.8 Å². The standard InChI is InChI=1S/C23H20FN3O4S/c24-17-5-2-6-18-21(17)25-23(32-18)31-16-9-11-26(12-10-16)22(30)14-3-1-4-15(13-14)27-19(28)7-8-20(27)29/h1-6,13,16H,7-12H2. The van der Waals surface area contributed by atoms with Crippen LogP contribution in [-0.4, -0.2) is 46.8 Å². The third kappa shape index (κ3) is 3.84. The number of fused-ring (bicyclic) bond motifs is 1. The number of amides is 3. The van der Waals surface area contributed by atoms with Gasteiger partial charge in [0.1, 0.15) is 17.4 Å². The summed E-state index contributed by atoms with van der Waals surface area (Å²) in [5, 5.41) is 0.433. The number of nitrogens with zero attached hydrogens (tertiary/aromatic N) is 3. The fraction of sp³-hybridized carbons (Fsp3) is 0.304. The fourth-order valence-corrected chi connectivity index (χ4v) is 4.99. The molecule has 0 N–H and O–H groups in total. The monoisotopic (exact) mass is 453 g/mol. The zero-order valence-corrected chi connectivity index (χ0v) is 17.9. The van der Waals surface area contributed by atoms with Gasteiger partial charge in [0.15, 0.2) is 0 Å². The molecular weight excluding hydrogens is 433 g/mol. The molecule has 7 nitrogen and oxygen atoms in total. The average Bonchev–Trinajstić information content (AvgIpc) is 3.37. The zero-order valence-electron chi connectivity index (χ0n) is 17.1. The summed E-state index contributed by atoms with van der Waals surface area (Å²) in [5.74, 6) is -1.00. The summed E-state index contributed by atoms with van der Waals surface area (Å²) in [5.41, 5.74) is 1.19. The van der Waals surface area contributed by atoms with Gasteiger partial charge in [-0.15, -0.1) is 0 Å². The van der Waals surface area contributed by atoms with Crippen molar-refractivity contribution < 1.29 is 23.5 Å². The smallest absolute Gasteiger partial charge is 0.274 e. The van der Waals surface area contributed by atoms with E-state index in [0.29, 0.717) is 47.9 Å². The maximum Gasteiger partial charge on any atom is 0.274 e. The quantitative estimate of drug-likeness (QED) is 0.562. The van der Waals surface area contributed by atoms with Gasteiger partial charge in [0.25, 0.3) is 11.1 Å². The van der Waals surface area contributed by atoms with Crippen LogP contribution in [0.1, 0.15) is 36.0 Å². The molecule has 0 atom stereocenters. The number of hydrogen-bond donors (Lipinski definition) is 0. The Balaban J connectivity index is 1.23. The molecule has 9 heteroatoms. The second-order valence-electron chi connectivity index (χ2n) is 7.85. The minimum absolute atomic E-state index is 0.103. The number of likely N-dealkylation sites (tertiary alicyclic amines) is 1. The highest BCUT2D eigenvalue weighted by Gasteiger charge is 2.31. The van der Waals surface area contributed by atoms with Gasteiger partial charge in [-0.05, 0) is 30.3 Å². The lowest BCUT2D eigenvalue weighted by atomic mass is 10.1. The lowest BCUT2D eigenvalue weighted by Gasteiger charge is -2.31. The molecule has 3 heterocycles. The second-order valence-corrected chi connectivity index (χ2v) is 8.84. The average molecular weight is 453 g/mol. The Bertz CT molecular complexity index is 1200. The number of imide groups is 1. The van der Waals surface area contributed by atoms with Crippen LogP contribution < -0.4 is 9.64 Å². The minimum Gasteiger partial charge on any atom is -0.467 e. The number of para-hydroxylation sites is 1. The first-order valence-corrected chi connectivity index (χ1v) is 11.3. The van der Waals surface area contributed by atoms with Gasteiger partial charge in [0.2, 0.25) is 11.8 Å². The molecule has 3 amide bonds. The molecule has 1 aromatic heterocycles. The first-order chi connectivity index (χ1) is 15.5. The number of anilines is 1. The molecule has 2 aromatic carbocycles. The normalized spacial score (nSPS) is 17.4. The number of thiazole rings is 1. The highest BCUT2D eigenvalue weighted by Crippen LogP contribution is 2.31. The van der Waals surface area contributed by atoms with Gasteiger partial charge < -0.3 is 9.64 Å². The molecule has 0 saturated carbocycles. The van der Waals surface area contributed by atoms with Crippen LogP contribution in [0.3, 0.4) is 0 Å². The molecule has 32 heavy (non-hydrogen) atoms. The maximum atomic E-state index is 13.9. The summed E-state index contributed by atoms with van der Waals surface area (Å²) < 4.78 is 20.6. The van der Waals surface area contributed by atoms with Crippen LogP contribution in [-0.2, 0) is 9.59 Å². The summed E-state index contributed by atoms with van der Waals surface area (Å²) in [6.45, 7) is 1.02. The zero-order chi connectivity index (χ0) is 22.2. The minimum atomic E-state index is -0.367. The Morgan fingerprint density at radius 2 is 1.78 bits per heavy atom. The Morgan fingerprint density at radius 3 is 2.50 bits per heavy atom. The van der Waals surface area contributed by atoms with Crippen molar-refractivity contribution in [2.75, 3.05) is 18.0 Å². The molecule has 2 fully saturated rings. The molecule has 164 valence electrons. The van der Waals surface area contributed by atoms with Gasteiger partial charge in [-0.3, -0.25) is 19.3 Å². The van der Waals surface area contributed by atoms with Crippen molar-refractivity contribution in [2.24, 2.45) is 0 Å². The van der Waals surface area contributed by atoms with E-state index >= 15 is 0 Å². The number of ether oxygens (including phenoxy) is 1. The number of aromatic nitrogens is 1. The summed E-state index contributed by atoms with van der Waals surface area (Å²) in [4.78, 5) is 44.1. The SMILES string of the molecule is O=C(c1cccc(N2C(=O)CCC2=O)c1)N1CCC(Oc2nc3c(F)cccc3s2)CC1. The van der Waals surface area contributed by atoms with Gasteiger partial charge in [-0.1, -0.05) is 23.5 Å². The Kier molecular flexibility index (Phi) is 5.34. The first kappa shape index (κ1) is 20.6. The Hall–Kier alpha value is -3.33. The maximum absolute atomic E-state index is 13.9. The number of rotatable bonds is 4. The van der Waals surface area contributed by atoms with Gasteiger partial charge in [0, 0.05) is 44.3 Å². The van der Waals surface area contributed by atoms with Crippen LogP contribution in [0.25, 0.3) is 10.2 Å². The Morgan fingerprint density at radius 1 is 1.06 bits per heavy atom. The predicted octanol–water partition coefficient (Wildman–Crippen LogP) is 3.77. The second kappa shape index (κ2) is 8.31. The van der Waals surface area contributed by atoms with Crippen molar-refractivity contribution in [3.63, 3.8) is 0 Å². The highest BCUT2D eigenvalue weighted by molar-refractivity contribution is 7.20. The summed E-state index contributed by atoms with van der Waals surface area (Å²) >= 11 is 1.31. The third-order valence-corrected chi connectivity index (χ3v) is 6.66. The largest absolute Gasteiger partial charge is 0.467 e. The number of carbonyl (C=O) groups is 3. The van der Waals surface area contributed by atoms with Gasteiger partial charge in [-0.2, -0.15) is 4.98 Å². The molecule has 0 spiro atoms. The predicted molar refractivity (Wildman–Crippen MR) is 117 cm³/mol. The van der Waals surface area contributed by atoms with E-state index in [1.54, 1.807) is 35.2 Å². The van der Waals surface area contributed by atoms with Crippen molar-refractivity contribution in [3.8, 4) is 5.19 Å². The van der Waals surface area contributed by atoms with E-state index in [1.165, 1.54) is 17.4 Å². The molecule has 0 bridgehead atoms. The van der Waals surface area contributed by atoms with Crippen LogP contribution in [0, 0.1) is 5.82 Å². The number of hydrogen-bond acceptors (Lipinski definition) is 6. The number of carbonyl (C=O) groups excluding carboxylic acids is 3. The molecule has 0 unspecified atom stereocenters. The van der Waals surface area contributed by atoms with E-state index in [2.05, 4.69) is 4.98 Å². The molecule has 2 aliphatic heterocycles. The highest BCUT2D eigenvalue weighted by atomic mass is 32.1. The van der Waals surface area contributed by atoms with Crippen LogP contribution in [0.5, 0.6) is 5.19 Å². The van der Waals surface area contributed by atoms with E-state index in [-0.39, 0.29) is 42.5 Å². The van der Waals surface area contributed by atoms with Gasteiger partial charge >= 0.3 is 0 Å². The third-order valence-electron chi connectivity index (χ3n) is 5.75. The van der Waals surface area contributed by atoms with Gasteiger partial charge in [0.05, 0.1) is 10.4 Å². The van der Waals surface area contributed by atoms with Crippen molar-refractivity contribution in [2.45, 2.75) is 31.8 Å². The van der Waals surface area contributed by atoms with Gasteiger partial charge in [-0.25, -0.2) is 4.39 Å². The molecule has 0 radical (unpaired) electrons. The lowest BCUT2D eigenvalue weighted by Crippen LogP contribution is -2.41. The number of piperidine rings is 1.